The highest BCUT2D eigenvalue weighted by Crippen LogP contribution is 2.34. The first-order valence-electron chi connectivity index (χ1n) is 3.86. The van der Waals surface area contributed by atoms with Gasteiger partial charge in [-0.25, -0.2) is 0 Å². The van der Waals surface area contributed by atoms with Crippen LogP contribution in [0, 0.1) is 0 Å². The maximum atomic E-state index is 12.2. The van der Waals surface area contributed by atoms with Crippen LogP contribution in [0.5, 0.6) is 0 Å². The maximum absolute atomic E-state index is 12.2. The summed E-state index contributed by atoms with van der Waals surface area (Å²) in [6.45, 7) is 0. The monoisotopic (exact) mass is 234 g/mol. The highest BCUT2D eigenvalue weighted by molar-refractivity contribution is 7.19. The van der Waals surface area contributed by atoms with E-state index in [1.54, 1.807) is 12.1 Å². The number of hydrogen-bond donors (Lipinski definition) is 1. The van der Waals surface area contributed by atoms with Gasteiger partial charge in [0.15, 0.2) is 0 Å². The minimum atomic E-state index is -4.51. The van der Waals surface area contributed by atoms with Crippen molar-refractivity contribution in [2.75, 3.05) is 5.73 Å². The van der Waals surface area contributed by atoms with Crippen LogP contribution in [0.3, 0.4) is 0 Å². The molecule has 2 N–H and O–H groups in total. The van der Waals surface area contributed by atoms with E-state index in [0.717, 1.165) is 17.4 Å². The fourth-order valence-corrected chi connectivity index (χ4v) is 1.74. The Bertz CT molecular complexity index is 474. The first-order valence-corrected chi connectivity index (χ1v) is 4.68. The van der Waals surface area contributed by atoms with Gasteiger partial charge in [-0.05, 0) is 12.1 Å². The molecular formula is C8H5F3N2OS. The Kier molecular flexibility index (Phi) is 2.18. The lowest BCUT2D eigenvalue weighted by Gasteiger charge is -1.97. The molecule has 0 aliphatic heterocycles. The summed E-state index contributed by atoms with van der Waals surface area (Å²) in [5, 5.41) is 3.84. The molecule has 0 amide bonds. The van der Waals surface area contributed by atoms with Crippen molar-refractivity contribution in [3.63, 3.8) is 0 Å². The smallest absolute Gasteiger partial charge is 0.391 e. The zero-order valence-electron chi connectivity index (χ0n) is 7.21. The fraction of sp³-hybridized carbons (Fsp3) is 0.125. The molecule has 3 nitrogen and oxygen atoms in total. The van der Waals surface area contributed by atoms with E-state index >= 15 is 0 Å². The molecule has 80 valence electrons. The van der Waals surface area contributed by atoms with Crippen LogP contribution < -0.4 is 5.73 Å². The number of nitrogen functional groups attached to an aromatic ring is 1. The molecule has 0 aromatic carbocycles. The van der Waals surface area contributed by atoms with Crippen molar-refractivity contribution in [3.8, 4) is 10.6 Å². The maximum Gasteiger partial charge on any atom is 0.452 e. The summed E-state index contributed by atoms with van der Waals surface area (Å²) in [5.41, 5.74) is 5.59. The van der Waals surface area contributed by atoms with Gasteiger partial charge in [0.05, 0.1) is 9.88 Å². The second-order valence-electron chi connectivity index (χ2n) is 2.78. The standard InChI is InChI=1S/C8H5F3N2OS/c9-8(10,11)6-3-4(13-14-6)5-1-2-7(12)15-5/h1-3H,12H2. The number of nitrogens with two attached hydrogens (primary N) is 1. The first kappa shape index (κ1) is 10.0. The molecule has 0 spiro atoms. The van der Waals surface area contributed by atoms with E-state index in [1.165, 1.54) is 0 Å². The van der Waals surface area contributed by atoms with Gasteiger partial charge in [0.1, 0.15) is 5.69 Å². The van der Waals surface area contributed by atoms with Gasteiger partial charge in [-0.3, -0.25) is 0 Å². The lowest BCUT2D eigenvalue weighted by molar-refractivity contribution is -0.155. The molecule has 0 atom stereocenters. The topological polar surface area (TPSA) is 52.0 Å². The molecule has 2 aromatic heterocycles. The van der Waals surface area contributed by atoms with Gasteiger partial charge in [0.25, 0.3) is 0 Å². The minimum Gasteiger partial charge on any atom is -0.391 e. The number of halogens is 3. The van der Waals surface area contributed by atoms with Gasteiger partial charge in [0, 0.05) is 6.07 Å². The molecular weight excluding hydrogens is 229 g/mol. The van der Waals surface area contributed by atoms with Crippen molar-refractivity contribution >= 4 is 16.3 Å². The van der Waals surface area contributed by atoms with Gasteiger partial charge in [-0.1, -0.05) is 5.16 Å². The summed E-state index contributed by atoms with van der Waals surface area (Å²) in [6.07, 6.45) is -4.51. The Morgan fingerprint density at radius 1 is 1.33 bits per heavy atom. The molecule has 2 rings (SSSR count). The van der Waals surface area contributed by atoms with Crippen molar-refractivity contribution in [1.29, 1.82) is 0 Å². The number of thiophene rings is 1. The molecule has 0 saturated heterocycles. The number of aromatic nitrogens is 1. The van der Waals surface area contributed by atoms with Crippen molar-refractivity contribution in [2.24, 2.45) is 0 Å². The summed E-state index contributed by atoms with van der Waals surface area (Å²) >= 11 is 1.15. The van der Waals surface area contributed by atoms with Crippen LogP contribution in [0.15, 0.2) is 22.7 Å². The van der Waals surface area contributed by atoms with E-state index in [9.17, 15) is 13.2 Å². The molecule has 0 aliphatic carbocycles. The number of hydrogen-bond acceptors (Lipinski definition) is 4. The summed E-state index contributed by atoms with van der Waals surface area (Å²) in [4.78, 5) is 0.548. The van der Waals surface area contributed by atoms with Crippen molar-refractivity contribution in [2.45, 2.75) is 6.18 Å². The second-order valence-corrected chi connectivity index (χ2v) is 3.89. The molecule has 0 bridgehead atoms. The predicted octanol–water partition coefficient (Wildman–Crippen LogP) is 3.00. The van der Waals surface area contributed by atoms with Crippen LogP contribution in [0.4, 0.5) is 18.2 Å². The van der Waals surface area contributed by atoms with Crippen molar-refractivity contribution in [3.05, 3.63) is 24.0 Å². The highest BCUT2D eigenvalue weighted by Gasteiger charge is 2.36. The average molecular weight is 234 g/mol. The largest absolute Gasteiger partial charge is 0.452 e. The van der Waals surface area contributed by atoms with E-state index in [-0.39, 0.29) is 5.69 Å². The Labute approximate surface area is 86.3 Å². The minimum absolute atomic E-state index is 0.143. The highest BCUT2D eigenvalue weighted by atomic mass is 32.1. The number of alkyl halides is 3. The van der Waals surface area contributed by atoms with Gasteiger partial charge in [-0.2, -0.15) is 13.2 Å². The van der Waals surface area contributed by atoms with Gasteiger partial charge >= 0.3 is 6.18 Å². The molecule has 7 heteroatoms. The van der Waals surface area contributed by atoms with E-state index < -0.39 is 11.9 Å². The predicted molar refractivity (Wildman–Crippen MR) is 49.2 cm³/mol. The Balaban J connectivity index is 2.36. The van der Waals surface area contributed by atoms with Crippen LogP contribution in [0.1, 0.15) is 5.76 Å². The number of rotatable bonds is 1. The number of anilines is 1. The third kappa shape index (κ3) is 1.96. The normalized spacial score (nSPS) is 11.9. The summed E-state index contributed by atoms with van der Waals surface area (Å²) in [7, 11) is 0. The Morgan fingerprint density at radius 2 is 2.07 bits per heavy atom. The molecule has 15 heavy (non-hydrogen) atoms. The SMILES string of the molecule is Nc1ccc(-c2cc(C(F)(F)F)on2)s1. The fourth-order valence-electron chi connectivity index (χ4n) is 1.02. The zero-order valence-corrected chi connectivity index (χ0v) is 8.02. The molecule has 2 aromatic rings. The summed E-state index contributed by atoms with van der Waals surface area (Å²) in [6, 6.07) is 4.05. The first-order chi connectivity index (χ1) is 6.97. The second kappa shape index (κ2) is 3.27. The molecule has 2 heterocycles. The van der Waals surface area contributed by atoms with Crippen molar-refractivity contribution in [1.82, 2.24) is 5.16 Å². The molecule has 0 radical (unpaired) electrons. The van der Waals surface area contributed by atoms with E-state index in [1.807, 2.05) is 0 Å². The van der Waals surface area contributed by atoms with Gasteiger partial charge < -0.3 is 10.3 Å². The van der Waals surface area contributed by atoms with E-state index in [0.29, 0.717) is 9.88 Å². The van der Waals surface area contributed by atoms with Gasteiger partial charge in [-0.15, -0.1) is 11.3 Å². The van der Waals surface area contributed by atoms with E-state index in [2.05, 4.69) is 9.68 Å². The lowest BCUT2D eigenvalue weighted by atomic mass is 10.3. The molecule has 0 saturated carbocycles. The third-order valence-electron chi connectivity index (χ3n) is 1.67. The van der Waals surface area contributed by atoms with Crippen LogP contribution in [0.25, 0.3) is 10.6 Å². The molecule has 0 aliphatic rings. The lowest BCUT2D eigenvalue weighted by Crippen LogP contribution is -2.01. The average Bonchev–Trinajstić information content (AvgIpc) is 2.69. The van der Waals surface area contributed by atoms with Crippen LogP contribution in [-0.2, 0) is 6.18 Å². The molecule has 0 fully saturated rings. The Hall–Kier alpha value is -1.50. The van der Waals surface area contributed by atoms with Crippen molar-refractivity contribution < 1.29 is 17.7 Å². The zero-order chi connectivity index (χ0) is 11.1. The summed E-state index contributed by atoms with van der Waals surface area (Å²) < 4.78 is 40.7. The summed E-state index contributed by atoms with van der Waals surface area (Å²) in [5.74, 6) is -1.11. The Morgan fingerprint density at radius 3 is 2.53 bits per heavy atom. The van der Waals surface area contributed by atoms with Crippen LogP contribution >= 0.6 is 11.3 Å². The van der Waals surface area contributed by atoms with Crippen LogP contribution in [0.2, 0.25) is 0 Å². The van der Waals surface area contributed by atoms with E-state index in [4.69, 9.17) is 5.73 Å². The number of nitrogens with zero attached hydrogens (tertiary/aromatic N) is 1. The molecule has 0 unspecified atom stereocenters. The quantitative estimate of drug-likeness (QED) is 0.825. The van der Waals surface area contributed by atoms with Crippen LogP contribution in [-0.4, -0.2) is 5.16 Å². The third-order valence-corrected chi connectivity index (χ3v) is 2.61. The van der Waals surface area contributed by atoms with Gasteiger partial charge in [0.2, 0.25) is 5.76 Å².